The number of imide groups is 6. The first kappa shape index (κ1) is 79.2. The number of aromatic nitrogens is 3. The predicted octanol–water partition coefficient (Wildman–Crippen LogP) is 3.18. The standard InChI is InChI=1S/C13H9NO2.C10H10N2O.C10H15NO2.C7H12N2O2.C7H10N2O.C6H9NO3.C5H9N3O2.C5H8N2O2.C4H6N2O2/c1-14-12(15)9-6-2-4-8-5-3-7-10(11(8)9)13(14)16;1-7-11-9-6-4-3-5-8(9)10(13)12(7)2;1-11-8(12)6-10(7-9(11)13)4-2-3-5-10;1-7(2)5(10)8(3)6(11)9(7)4;1-6-8(2)5-4-7(10)9(6)3;1-6(2)4(8)7(3)5(9)10-6;1-6-4(9)7(2)8(3)5(6)10;1-6-3-4(8)7(2)5(6)9;1-6-3(7)2-5-4(6)8/h2-7H,1H3;3-6,11H,1H2,2H3;2-7H2,1H3;1-4H3;4-5H,1H2,2-3H3;2*1-3H3;3H2,1-2H3;2H2,1H3,(H,5,8). The van der Waals surface area contributed by atoms with E-state index in [-0.39, 0.29) is 107 Å². The van der Waals surface area contributed by atoms with Crippen molar-refractivity contribution >= 4 is 99.7 Å². The first-order chi connectivity index (χ1) is 46.4. The van der Waals surface area contributed by atoms with Gasteiger partial charge in [0, 0.05) is 140 Å². The van der Waals surface area contributed by atoms with Crippen LogP contribution in [0.15, 0.2) is 107 Å². The molecule has 9 aliphatic rings. The molecular formula is C67H88N16O17. The monoisotopic (exact) mass is 1390 g/mol. The van der Waals surface area contributed by atoms with Crippen LogP contribution >= 0.6 is 0 Å². The molecule has 6 fully saturated rings. The molecule has 33 heteroatoms. The van der Waals surface area contributed by atoms with Crippen molar-refractivity contribution < 1.29 is 71.9 Å². The van der Waals surface area contributed by atoms with Gasteiger partial charge in [0.15, 0.2) is 5.60 Å². The van der Waals surface area contributed by atoms with E-state index in [1.807, 2.05) is 49.5 Å². The van der Waals surface area contributed by atoms with Gasteiger partial charge in [-0.05, 0) is 75.6 Å². The van der Waals surface area contributed by atoms with Gasteiger partial charge in [0.05, 0.1) is 17.8 Å². The van der Waals surface area contributed by atoms with Gasteiger partial charge >= 0.3 is 35.6 Å². The Bertz CT molecular complexity index is 4050. The quantitative estimate of drug-likeness (QED) is 0.189. The van der Waals surface area contributed by atoms with Gasteiger partial charge in [-0.3, -0.25) is 82.2 Å². The minimum Gasteiger partial charge on any atom is -0.433 e. The van der Waals surface area contributed by atoms with Gasteiger partial charge in [-0.15, -0.1) is 0 Å². The van der Waals surface area contributed by atoms with Crippen molar-refractivity contribution in [2.24, 2.45) is 26.6 Å². The number of hydrogen-bond donors (Lipinski definition) is 2. The molecule has 538 valence electrons. The Morgan fingerprint density at radius 1 is 0.490 bits per heavy atom. The van der Waals surface area contributed by atoms with Crippen molar-refractivity contribution in [1.82, 2.24) is 73.1 Å². The molecule has 1 aliphatic carbocycles. The number of likely N-dealkylation sites (N-methyl/N-ethyl adjacent to an activating group) is 7. The van der Waals surface area contributed by atoms with Crippen molar-refractivity contribution in [2.75, 3.05) is 95.9 Å². The number of para-hydroxylation sites is 1. The summed E-state index contributed by atoms with van der Waals surface area (Å²) in [7, 11) is 22.0. The Balaban J connectivity index is 0.000000204. The fraction of sp³-hybridized carbons (Fsp3) is 0.433. The summed E-state index contributed by atoms with van der Waals surface area (Å²) in [4.78, 5) is 192. The molecule has 0 unspecified atom stereocenters. The number of carbonyl (C=O) groups excluding carboxylic acids is 14. The summed E-state index contributed by atoms with van der Waals surface area (Å²) in [5, 5.41) is 7.12. The number of fused-ring (bicyclic) bond motifs is 1. The second-order valence-corrected chi connectivity index (χ2v) is 25.4. The Kier molecular flexibility index (Phi) is 25.1. The molecule has 0 atom stereocenters. The molecular weight excluding hydrogens is 1300 g/mol. The summed E-state index contributed by atoms with van der Waals surface area (Å²) in [6.45, 7) is 14.4. The zero-order valence-corrected chi connectivity index (χ0v) is 59.7. The molecule has 100 heavy (non-hydrogen) atoms. The largest absolute Gasteiger partial charge is 0.433 e. The maximum Gasteiger partial charge on any atom is 0.417 e. The number of hydrogen-bond acceptors (Lipinski definition) is 19. The molecule has 3 aromatic carbocycles. The molecule has 33 nitrogen and oxygen atoms in total. The highest BCUT2D eigenvalue weighted by atomic mass is 16.6. The zero-order valence-electron chi connectivity index (χ0n) is 59.7. The number of cyclic esters (lactones) is 1. The molecule has 9 heterocycles. The molecule has 17 amide bonds. The topological polar surface area (TPSA) is 357 Å². The molecule has 13 rings (SSSR count). The van der Waals surface area contributed by atoms with Crippen LogP contribution in [0.5, 0.6) is 0 Å². The van der Waals surface area contributed by atoms with E-state index in [0.29, 0.717) is 41.2 Å². The van der Waals surface area contributed by atoms with Crippen LogP contribution in [-0.2, 0) is 59.4 Å². The van der Waals surface area contributed by atoms with Gasteiger partial charge in [0.25, 0.3) is 35.4 Å². The smallest absolute Gasteiger partial charge is 0.417 e. The number of anilines is 1. The highest BCUT2D eigenvalue weighted by molar-refractivity contribution is 6.25. The highest BCUT2D eigenvalue weighted by Gasteiger charge is 2.48. The summed E-state index contributed by atoms with van der Waals surface area (Å²) >= 11 is 0. The molecule has 0 radical (unpaired) electrons. The molecule has 1 saturated carbocycles. The van der Waals surface area contributed by atoms with E-state index in [2.05, 4.69) is 23.8 Å². The van der Waals surface area contributed by atoms with Gasteiger partial charge in [-0.25, -0.2) is 47.6 Å². The lowest BCUT2D eigenvalue weighted by atomic mass is 9.76. The molecule has 4 aromatic rings. The van der Waals surface area contributed by atoms with Crippen molar-refractivity contribution in [2.45, 2.75) is 77.4 Å². The van der Waals surface area contributed by atoms with Crippen LogP contribution in [0.25, 0.3) is 10.8 Å². The lowest BCUT2D eigenvalue weighted by Gasteiger charge is -2.35. The molecule has 1 spiro atoms. The van der Waals surface area contributed by atoms with Crippen LogP contribution in [0.3, 0.4) is 0 Å². The Morgan fingerprint density at radius 2 is 0.990 bits per heavy atom. The SMILES string of the molecule is C=C1N(C)C=CC(=O)N1C.C=C1Nc2ccccc2C(=O)N1C.CN1C(=O)CC2(CCCC2)CC1=O.CN1C(=O)CNC1=O.CN1C(=O)N(C)C(C)(C)C1=O.CN1C(=O)OC(C)(C)C1=O.CN1C(=O)c2cccc3cccc(c23)C1=O.CN1CC(=O)N(C)C1=O.Cn1c(=O)n(C)n(C)c1=O. The highest BCUT2D eigenvalue weighted by Crippen LogP contribution is 2.46. The molecule has 1 aromatic heterocycles. The second-order valence-electron chi connectivity index (χ2n) is 25.4. The van der Waals surface area contributed by atoms with E-state index in [1.165, 1.54) is 95.1 Å². The molecule has 8 aliphatic heterocycles. The van der Waals surface area contributed by atoms with Crippen LogP contribution in [0.4, 0.5) is 24.9 Å². The summed E-state index contributed by atoms with van der Waals surface area (Å²) in [5.74, 6) is 0.0959. The number of urea groups is 3. The minimum atomic E-state index is -0.966. The van der Waals surface area contributed by atoms with E-state index in [1.54, 1.807) is 106 Å². The number of likely N-dealkylation sites (tertiary alicyclic amines) is 1. The van der Waals surface area contributed by atoms with Gasteiger partial charge in [-0.2, -0.15) is 0 Å². The van der Waals surface area contributed by atoms with Crippen LogP contribution in [0.2, 0.25) is 0 Å². The number of ether oxygens (including phenoxy) is 1. The Labute approximate surface area is 577 Å². The maximum atomic E-state index is 11.9. The second kappa shape index (κ2) is 31.8. The van der Waals surface area contributed by atoms with Crippen LogP contribution < -0.4 is 22.0 Å². The lowest BCUT2D eigenvalue weighted by molar-refractivity contribution is -0.151. The van der Waals surface area contributed by atoms with E-state index in [4.69, 9.17) is 4.74 Å². The average molecular weight is 1390 g/mol. The lowest BCUT2D eigenvalue weighted by Crippen LogP contribution is -2.44. The third-order valence-electron chi connectivity index (χ3n) is 17.8. The number of benzene rings is 3. The number of nitrogens with one attached hydrogen (secondary N) is 2. The third kappa shape index (κ3) is 17.2. The normalized spacial score (nSPS) is 19.0. The first-order valence-electron chi connectivity index (χ1n) is 31.2. The van der Waals surface area contributed by atoms with Crippen LogP contribution in [-0.4, -0.2) is 253 Å². The summed E-state index contributed by atoms with van der Waals surface area (Å²) in [6.07, 6.45) is 8.32. The number of carbonyl (C=O) groups is 14. The summed E-state index contributed by atoms with van der Waals surface area (Å²) < 4.78 is 8.27. The number of nitrogens with zero attached hydrogens (tertiary/aromatic N) is 14. The van der Waals surface area contributed by atoms with Crippen LogP contribution in [0.1, 0.15) is 97.3 Å². The molecule has 5 saturated heterocycles. The van der Waals surface area contributed by atoms with Gasteiger partial charge in [-0.1, -0.05) is 62.4 Å². The zero-order chi connectivity index (χ0) is 75.7. The van der Waals surface area contributed by atoms with Crippen LogP contribution in [0, 0.1) is 5.41 Å². The Hall–Kier alpha value is -11.5. The van der Waals surface area contributed by atoms with E-state index >= 15 is 0 Å². The van der Waals surface area contributed by atoms with Gasteiger partial charge in [0.2, 0.25) is 23.6 Å². The fourth-order valence-corrected chi connectivity index (χ4v) is 10.7. The fourth-order valence-electron chi connectivity index (χ4n) is 10.7. The first-order valence-corrected chi connectivity index (χ1v) is 31.2. The van der Waals surface area contributed by atoms with Crippen molar-refractivity contribution in [3.63, 3.8) is 0 Å². The van der Waals surface area contributed by atoms with Crippen molar-refractivity contribution in [1.29, 1.82) is 0 Å². The molecule has 2 N–H and O–H groups in total. The van der Waals surface area contributed by atoms with Crippen molar-refractivity contribution in [3.8, 4) is 0 Å². The van der Waals surface area contributed by atoms with E-state index in [9.17, 15) is 76.7 Å². The van der Waals surface area contributed by atoms with E-state index < -0.39 is 17.2 Å². The number of piperidine rings is 1. The van der Waals surface area contributed by atoms with Gasteiger partial charge in [0.1, 0.15) is 23.7 Å². The summed E-state index contributed by atoms with van der Waals surface area (Å²) in [6, 6.07) is 17.6. The van der Waals surface area contributed by atoms with Crippen molar-refractivity contribution in [3.05, 3.63) is 135 Å². The molecule has 0 bridgehead atoms. The number of rotatable bonds is 0. The van der Waals surface area contributed by atoms with E-state index in [0.717, 1.165) is 58.4 Å². The maximum absolute atomic E-state index is 11.9. The predicted molar refractivity (Wildman–Crippen MR) is 365 cm³/mol. The third-order valence-corrected chi connectivity index (χ3v) is 17.8. The van der Waals surface area contributed by atoms with Gasteiger partial charge < -0.3 is 30.1 Å². The number of amides is 17. The summed E-state index contributed by atoms with van der Waals surface area (Å²) in [5.41, 5.74) is 0.552. The Morgan fingerprint density at radius 3 is 1.33 bits per heavy atom. The minimum absolute atomic E-state index is 0.0122. The average Bonchev–Trinajstić information content (AvgIpc) is 1.12.